The molecule has 0 atom stereocenters. The van der Waals surface area contributed by atoms with Gasteiger partial charge in [-0.05, 0) is 75.5 Å². The smallest absolute Gasteiger partial charge is 0.164 e. The number of hydrogen-bond acceptors (Lipinski definition) is 5. The van der Waals surface area contributed by atoms with Gasteiger partial charge in [-0.15, -0.1) is 0 Å². The molecule has 0 unspecified atom stereocenters. The fourth-order valence-electron chi connectivity index (χ4n) is 6.98. The molecule has 5 heteroatoms. The van der Waals surface area contributed by atoms with Gasteiger partial charge in [-0.1, -0.05) is 121 Å². The molecule has 0 saturated heterocycles. The monoisotopic (exact) mass is 652 g/mol. The van der Waals surface area contributed by atoms with E-state index in [-0.39, 0.29) is 0 Å². The lowest BCUT2D eigenvalue weighted by molar-refractivity contribution is 0.669. The fraction of sp³-hybridized carbons (Fsp3) is 0. The molecule has 3 heterocycles. The molecule has 0 fully saturated rings. The lowest BCUT2D eigenvalue weighted by Crippen LogP contribution is -2.00. The standard InChI is InChI=1S/C46H28N4O/c1-2-8-29(9-3-1)30-15-19-32(20-16-30)44-48-45(50-46(49-44)39-12-6-14-42-43(39)38-11-4-5-13-41(38)51-42)36-22-18-31-17-21-33(27-37(31)28-36)34-23-24-40-35(26-34)10-7-25-47-40/h1-28H. The van der Waals surface area contributed by atoms with Gasteiger partial charge in [0.25, 0.3) is 0 Å². The molecule has 0 aliphatic heterocycles. The molecule has 0 N–H and O–H groups in total. The van der Waals surface area contributed by atoms with E-state index >= 15 is 0 Å². The third kappa shape index (κ3) is 5.20. The SMILES string of the molecule is c1ccc(-c2ccc(-c3nc(-c4ccc5ccc(-c6ccc7ncccc7c6)cc5c4)nc(-c4cccc5oc6ccccc6c45)n3)cc2)cc1. The predicted octanol–water partition coefficient (Wildman–Crippen LogP) is 11.8. The summed E-state index contributed by atoms with van der Waals surface area (Å²) in [7, 11) is 0. The van der Waals surface area contributed by atoms with Gasteiger partial charge in [-0.2, -0.15) is 0 Å². The van der Waals surface area contributed by atoms with Crippen LogP contribution in [0.25, 0.3) is 100 Å². The molecule has 0 aliphatic rings. The van der Waals surface area contributed by atoms with Gasteiger partial charge in [-0.3, -0.25) is 4.98 Å². The lowest BCUT2D eigenvalue weighted by Gasteiger charge is -2.11. The van der Waals surface area contributed by atoms with E-state index in [1.165, 1.54) is 0 Å². The van der Waals surface area contributed by atoms with Crippen LogP contribution < -0.4 is 0 Å². The highest BCUT2D eigenvalue weighted by Gasteiger charge is 2.18. The zero-order chi connectivity index (χ0) is 33.7. The molecule has 0 bridgehead atoms. The van der Waals surface area contributed by atoms with E-state index in [2.05, 4.69) is 126 Å². The third-order valence-electron chi connectivity index (χ3n) is 9.56. The maximum atomic E-state index is 6.24. The molecule has 10 rings (SSSR count). The van der Waals surface area contributed by atoms with Gasteiger partial charge < -0.3 is 4.42 Å². The van der Waals surface area contributed by atoms with Gasteiger partial charge in [0, 0.05) is 39.0 Å². The van der Waals surface area contributed by atoms with E-state index in [0.717, 1.165) is 82.6 Å². The Morgan fingerprint density at radius 3 is 1.86 bits per heavy atom. The van der Waals surface area contributed by atoms with Crippen molar-refractivity contribution in [1.82, 2.24) is 19.9 Å². The Kier molecular flexibility index (Phi) is 6.74. The van der Waals surface area contributed by atoms with Gasteiger partial charge in [-0.25, -0.2) is 15.0 Å². The highest BCUT2D eigenvalue weighted by atomic mass is 16.3. The topological polar surface area (TPSA) is 64.7 Å². The summed E-state index contributed by atoms with van der Waals surface area (Å²) in [6.45, 7) is 0. The molecule has 7 aromatic carbocycles. The first-order valence-corrected chi connectivity index (χ1v) is 17.0. The molecule has 238 valence electrons. The number of aromatic nitrogens is 4. The zero-order valence-corrected chi connectivity index (χ0v) is 27.4. The van der Waals surface area contributed by atoms with Crippen molar-refractivity contribution in [3.8, 4) is 56.4 Å². The molecule has 0 saturated carbocycles. The number of benzene rings is 7. The maximum absolute atomic E-state index is 6.24. The summed E-state index contributed by atoms with van der Waals surface area (Å²) in [5.74, 6) is 1.81. The van der Waals surface area contributed by atoms with Gasteiger partial charge in [0.15, 0.2) is 17.5 Å². The minimum Gasteiger partial charge on any atom is -0.456 e. The summed E-state index contributed by atoms with van der Waals surface area (Å²) < 4.78 is 6.24. The normalized spacial score (nSPS) is 11.5. The van der Waals surface area contributed by atoms with Gasteiger partial charge in [0.1, 0.15) is 11.2 Å². The number of para-hydroxylation sites is 1. The summed E-state index contributed by atoms with van der Waals surface area (Å²) >= 11 is 0. The van der Waals surface area contributed by atoms with Crippen molar-refractivity contribution >= 4 is 43.6 Å². The summed E-state index contributed by atoms with van der Waals surface area (Å²) in [5, 5.41) is 5.39. The number of pyridine rings is 1. The molecule has 3 aromatic heterocycles. The molecule has 5 nitrogen and oxygen atoms in total. The quantitative estimate of drug-likeness (QED) is 0.185. The van der Waals surface area contributed by atoms with Crippen molar-refractivity contribution < 1.29 is 4.42 Å². The van der Waals surface area contributed by atoms with Crippen molar-refractivity contribution in [1.29, 1.82) is 0 Å². The van der Waals surface area contributed by atoms with Crippen LogP contribution in [0.1, 0.15) is 0 Å². The van der Waals surface area contributed by atoms with Crippen molar-refractivity contribution in [2.24, 2.45) is 0 Å². The van der Waals surface area contributed by atoms with E-state index in [1.54, 1.807) is 0 Å². The van der Waals surface area contributed by atoms with E-state index < -0.39 is 0 Å². The van der Waals surface area contributed by atoms with Crippen LogP contribution in [0.3, 0.4) is 0 Å². The second-order valence-corrected chi connectivity index (χ2v) is 12.7. The van der Waals surface area contributed by atoms with Gasteiger partial charge in [0.2, 0.25) is 0 Å². The minimum absolute atomic E-state index is 0.595. The van der Waals surface area contributed by atoms with Crippen LogP contribution in [0.4, 0.5) is 0 Å². The predicted molar refractivity (Wildman–Crippen MR) is 207 cm³/mol. The zero-order valence-electron chi connectivity index (χ0n) is 27.4. The number of hydrogen-bond donors (Lipinski definition) is 0. The summed E-state index contributed by atoms with van der Waals surface area (Å²) in [5.41, 5.74) is 9.93. The third-order valence-corrected chi connectivity index (χ3v) is 9.56. The first kappa shape index (κ1) is 29.0. The van der Waals surface area contributed by atoms with Crippen LogP contribution in [0.15, 0.2) is 174 Å². The largest absolute Gasteiger partial charge is 0.456 e. The van der Waals surface area contributed by atoms with Crippen LogP contribution in [0.2, 0.25) is 0 Å². The van der Waals surface area contributed by atoms with Crippen molar-refractivity contribution in [2.75, 3.05) is 0 Å². The highest BCUT2D eigenvalue weighted by molar-refractivity contribution is 6.11. The fourth-order valence-corrected chi connectivity index (χ4v) is 6.98. The van der Waals surface area contributed by atoms with Crippen LogP contribution in [-0.4, -0.2) is 19.9 Å². The molecule has 10 aromatic rings. The molecule has 0 amide bonds. The van der Waals surface area contributed by atoms with Crippen LogP contribution in [-0.2, 0) is 0 Å². The number of nitrogens with zero attached hydrogens (tertiary/aromatic N) is 4. The van der Waals surface area contributed by atoms with Crippen LogP contribution >= 0.6 is 0 Å². The number of furan rings is 1. The second kappa shape index (κ2) is 11.9. The van der Waals surface area contributed by atoms with Gasteiger partial charge in [0.05, 0.1) is 5.52 Å². The van der Waals surface area contributed by atoms with E-state index in [1.807, 2.05) is 48.7 Å². The Labute approximate surface area is 293 Å². The minimum atomic E-state index is 0.595. The Morgan fingerprint density at radius 1 is 0.373 bits per heavy atom. The summed E-state index contributed by atoms with van der Waals surface area (Å²) in [4.78, 5) is 19.9. The summed E-state index contributed by atoms with van der Waals surface area (Å²) in [6.07, 6.45) is 1.83. The van der Waals surface area contributed by atoms with Crippen LogP contribution in [0, 0.1) is 0 Å². The number of fused-ring (bicyclic) bond motifs is 5. The lowest BCUT2D eigenvalue weighted by atomic mass is 9.98. The Morgan fingerprint density at radius 2 is 1.00 bits per heavy atom. The molecule has 0 radical (unpaired) electrons. The first-order chi connectivity index (χ1) is 25.2. The van der Waals surface area contributed by atoms with Crippen molar-refractivity contribution in [3.63, 3.8) is 0 Å². The highest BCUT2D eigenvalue weighted by Crippen LogP contribution is 2.37. The summed E-state index contributed by atoms with van der Waals surface area (Å²) in [6, 6.07) is 56.4. The number of rotatable bonds is 5. The molecule has 0 aliphatic carbocycles. The molecule has 0 spiro atoms. The van der Waals surface area contributed by atoms with Gasteiger partial charge >= 0.3 is 0 Å². The first-order valence-electron chi connectivity index (χ1n) is 17.0. The Balaban J connectivity index is 1.13. The van der Waals surface area contributed by atoms with Crippen LogP contribution in [0.5, 0.6) is 0 Å². The molecular weight excluding hydrogens is 625 g/mol. The van der Waals surface area contributed by atoms with Crippen molar-refractivity contribution in [2.45, 2.75) is 0 Å². The average Bonchev–Trinajstić information content (AvgIpc) is 3.59. The van der Waals surface area contributed by atoms with Crippen molar-refractivity contribution in [3.05, 3.63) is 170 Å². The maximum Gasteiger partial charge on any atom is 0.164 e. The molecule has 51 heavy (non-hydrogen) atoms. The van der Waals surface area contributed by atoms with E-state index in [4.69, 9.17) is 19.4 Å². The average molecular weight is 653 g/mol. The molecular formula is C46H28N4O. The van der Waals surface area contributed by atoms with E-state index in [9.17, 15) is 0 Å². The Bertz CT molecular complexity index is 2910. The Hall–Kier alpha value is -6.98. The van der Waals surface area contributed by atoms with E-state index in [0.29, 0.717) is 17.5 Å². The second-order valence-electron chi connectivity index (χ2n) is 12.7.